The predicted octanol–water partition coefficient (Wildman–Crippen LogP) is 3.09. The van der Waals surface area contributed by atoms with E-state index in [1.54, 1.807) is 12.1 Å². The Balaban J connectivity index is 1.88. The van der Waals surface area contributed by atoms with Crippen LogP contribution in [0.5, 0.6) is 11.5 Å². The van der Waals surface area contributed by atoms with E-state index in [0.717, 1.165) is 11.1 Å². The molecule has 28 heavy (non-hydrogen) atoms. The van der Waals surface area contributed by atoms with Gasteiger partial charge in [0.15, 0.2) is 11.5 Å². The number of carbonyl (C=O) groups excluding carboxylic acids is 3. The van der Waals surface area contributed by atoms with Crippen molar-refractivity contribution >= 4 is 39.9 Å². The number of carbonyl (C=O) groups is 3. The van der Waals surface area contributed by atoms with Crippen molar-refractivity contribution in [1.82, 2.24) is 10.6 Å². The van der Waals surface area contributed by atoms with E-state index >= 15 is 0 Å². The minimum Gasteiger partial charge on any atom is -0.493 e. The number of barbiturate groups is 1. The van der Waals surface area contributed by atoms with Crippen LogP contribution < -0.4 is 20.1 Å². The van der Waals surface area contributed by atoms with Gasteiger partial charge in [-0.25, -0.2) is 4.79 Å². The molecule has 1 aliphatic heterocycles. The summed E-state index contributed by atoms with van der Waals surface area (Å²) in [6.07, 6.45) is 1.37. The molecule has 7 nitrogen and oxygen atoms in total. The van der Waals surface area contributed by atoms with Gasteiger partial charge in [0.25, 0.3) is 11.8 Å². The van der Waals surface area contributed by atoms with Crippen LogP contribution >= 0.6 is 15.9 Å². The fraction of sp³-hybridized carbons (Fsp3) is 0.150. The van der Waals surface area contributed by atoms with Crippen molar-refractivity contribution in [2.45, 2.75) is 13.5 Å². The summed E-state index contributed by atoms with van der Waals surface area (Å²) in [7, 11) is 1.50. The van der Waals surface area contributed by atoms with Gasteiger partial charge in [-0.15, -0.1) is 0 Å². The lowest BCUT2D eigenvalue weighted by atomic mass is 10.1. The SMILES string of the molecule is COc1cc(C=C2C(=O)NC(=O)NC2=O)cc(Br)c1OCc1ccccc1C. The third-order valence-electron chi connectivity index (χ3n) is 4.14. The van der Waals surface area contributed by atoms with Gasteiger partial charge >= 0.3 is 6.03 Å². The number of imide groups is 2. The van der Waals surface area contributed by atoms with Gasteiger partial charge in [0.2, 0.25) is 0 Å². The number of urea groups is 1. The third-order valence-corrected chi connectivity index (χ3v) is 4.73. The summed E-state index contributed by atoms with van der Waals surface area (Å²) < 4.78 is 11.9. The lowest BCUT2D eigenvalue weighted by Gasteiger charge is -2.16. The molecule has 2 N–H and O–H groups in total. The molecule has 8 heteroatoms. The normalized spacial score (nSPS) is 13.7. The molecular formula is C20H17BrN2O5. The second-order valence-corrected chi connectivity index (χ2v) is 6.90. The van der Waals surface area contributed by atoms with Gasteiger partial charge in [-0.3, -0.25) is 20.2 Å². The summed E-state index contributed by atoms with van der Waals surface area (Å²) in [5, 5.41) is 4.07. The zero-order valence-electron chi connectivity index (χ0n) is 15.2. The van der Waals surface area contributed by atoms with Crippen LogP contribution in [-0.4, -0.2) is 25.0 Å². The Morgan fingerprint density at radius 1 is 1.07 bits per heavy atom. The van der Waals surface area contributed by atoms with Gasteiger partial charge in [-0.1, -0.05) is 24.3 Å². The number of hydrogen-bond donors (Lipinski definition) is 2. The lowest BCUT2D eigenvalue weighted by molar-refractivity contribution is -0.123. The van der Waals surface area contributed by atoms with Gasteiger partial charge in [0.05, 0.1) is 11.6 Å². The van der Waals surface area contributed by atoms with E-state index in [-0.39, 0.29) is 5.57 Å². The van der Waals surface area contributed by atoms with E-state index in [2.05, 4.69) is 15.9 Å². The van der Waals surface area contributed by atoms with Crippen LogP contribution in [0.25, 0.3) is 6.08 Å². The Labute approximate surface area is 169 Å². The first-order valence-electron chi connectivity index (χ1n) is 8.32. The molecule has 3 rings (SSSR count). The van der Waals surface area contributed by atoms with E-state index in [4.69, 9.17) is 9.47 Å². The molecule has 0 radical (unpaired) electrons. The molecule has 0 aliphatic carbocycles. The second-order valence-electron chi connectivity index (χ2n) is 6.04. The van der Waals surface area contributed by atoms with Crippen LogP contribution in [0.2, 0.25) is 0 Å². The maximum atomic E-state index is 11.9. The predicted molar refractivity (Wildman–Crippen MR) is 106 cm³/mol. The molecule has 4 amide bonds. The largest absolute Gasteiger partial charge is 0.493 e. The van der Waals surface area contributed by atoms with Crippen LogP contribution in [0.3, 0.4) is 0 Å². The van der Waals surface area contributed by atoms with E-state index in [1.165, 1.54) is 13.2 Å². The number of halogens is 1. The monoisotopic (exact) mass is 444 g/mol. The number of ether oxygens (including phenoxy) is 2. The number of methoxy groups -OCH3 is 1. The standard InChI is InChI=1S/C20H17BrN2O5/c1-11-5-3-4-6-13(11)10-28-17-15(21)8-12(9-16(17)27-2)7-14-18(24)22-20(26)23-19(14)25/h3-9H,10H2,1-2H3,(H2,22,23,24,25,26). The molecule has 1 aliphatic rings. The summed E-state index contributed by atoms with van der Waals surface area (Å²) in [6, 6.07) is 10.4. The first-order chi connectivity index (χ1) is 13.4. The number of benzene rings is 2. The van der Waals surface area contributed by atoms with Crippen molar-refractivity contribution in [1.29, 1.82) is 0 Å². The molecule has 0 unspecified atom stereocenters. The molecule has 0 atom stereocenters. The van der Waals surface area contributed by atoms with E-state index in [0.29, 0.717) is 28.1 Å². The minimum absolute atomic E-state index is 0.179. The van der Waals surface area contributed by atoms with E-state index in [9.17, 15) is 14.4 Å². The van der Waals surface area contributed by atoms with E-state index in [1.807, 2.05) is 41.8 Å². The molecule has 0 saturated carbocycles. The Morgan fingerprint density at radius 2 is 1.75 bits per heavy atom. The van der Waals surface area contributed by atoms with Crippen LogP contribution in [0.1, 0.15) is 16.7 Å². The number of amides is 4. The molecule has 1 fully saturated rings. The molecule has 1 heterocycles. The van der Waals surface area contributed by atoms with E-state index < -0.39 is 17.8 Å². The molecule has 2 aromatic rings. The summed E-state index contributed by atoms with van der Waals surface area (Å²) in [5.74, 6) is -0.587. The maximum absolute atomic E-state index is 11.9. The van der Waals surface area contributed by atoms with Crippen molar-refractivity contribution < 1.29 is 23.9 Å². The van der Waals surface area contributed by atoms with Crippen molar-refractivity contribution in [2.24, 2.45) is 0 Å². The van der Waals surface area contributed by atoms with Crippen LogP contribution in [0.15, 0.2) is 46.4 Å². The summed E-state index contributed by atoms with van der Waals surface area (Å²) in [4.78, 5) is 34.9. The quantitative estimate of drug-likeness (QED) is 0.545. The fourth-order valence-corrected chi connectivity index (χ4v) is 3.23. The lowest BCUT2D eigenvalue weighted by Crippen LogP contribution is -2.51. The van der Waals surface area contributed by atoms with Crippen molar-refractivity contribution in [3.05, 3.63) is 63.1 Å². The molecule has 1 saturated heterocycles. The topological polar surface area (TPSA) is 93.7 Å². The average molecular weight is 445 g/mol. The number of rotatable bonds is 5. The third kappa shape index (κ3) is 4.23. The molecule has 0 spiro atoms. The van der Waals surface area contributed by atoms with Crippen molar-refractivity contribution in [3.63, 3.8) is 0 Å². The second kappa shape index (κ2) is 8.26. The zero-order chi connectivity index (χ0) is 20.3. The van der Waals surface area contributed by atoms with Crippen molar-refractivity contribution in [3.8, 4) is 11.5 Å². The summed E-state index contributed by atoms with van der Waals surface area (Å²) >= 11 is 3.45. The molecule has 144 valence electrons. The highest BCUT2D eigenvalue weighted by Crippen LogP contribution is 2.38. The first-order valence-corrected chi connectivity index (χ1v) is 9.11. The van der Waals surface area contributed by atoms with Gasteiger partial charge in [-0.2, -0.15) is 0 Å². The average Bonchev–Trinajstić information content (AvgIpc) is 2.64. The molecule has 0 aromatic heterocycles. The Bertz CT molecular complexity index is 978. The van der Waals surface area contributed by atoms with Gasteiger partial charge in [0, 0.05) is 0 Å². The summed E-state index contributed by atoms with van der Waals surface area (Å²) in [6.45, 7) is 2.36. The first kappa shape index (κ1) is 19.6. The van der Waals surface area contributed by atoms with Gasteiger partial charge < -0.3 is 9.47 Å². The fourth-order valence-electron chi connectivity index (χ4n) is 2.66. The highest BCUT2D eigenvalue weighted by Gasteiger charge is 2.27. The molecule has 2 aromatic carbocycles. The van der Waals surface area contributed by atoms with Gasteiger partial charge in [-0.05, 0) is 57.8 Å². The van der Waals surface area contributed by atoms with Crippen LogP contribution in [0.4, 0.5) is 4.79 Å². The maximum Gasteiger partial charge on any atom is 0.328 e. The Morgan fingerprint density at radius 3 is 2.39 bits per heavy atom. The minimum atomic E-state index is -0.842. The Hall–Kier alpha value is -3.13. The smallest absolute Gasteiger partial charge is 0.328 e. The molecule has 0 bridgehead atoms. The number of aryl methyl sites for hydroxylation is 1. The highest BCUT2D eigenvalue weighted by molar-refractivity contribution is 9.10. The van der Waals surface area contributed by atoms with Gasteiger partial charge in [0.1, 0.15) is 12.2 Å². The van der Waals surface area contributed by atoms with Crippen molar-refractivity contribution in [2.75, 3.05) is 7.11 Å². The number of nitrogens with one attached hydrogen (secondary N) is 2. The van der Waals surface area contributed by atoms with Crippen LogP contribution in [0, 0.1) is 6.92 Å². The number of hydrogen-bond acceptors (Lipinski definition) is 5. The highest BCUT2D eigenvalue weighted by atomic mass is 79.9. The summed E-state index contributed by atoms with van der Waals surface area (Å²) in [5.41, 5.74) is 2.51. The Kier molecular flexibility index (Phi) is 5.79. The zero-order valence-corrected chi connectivity index (χ0v) is 16.8. The van der Waals surface area contributed by atoms with Crippen LogP contribution in [-0.2, 0) is 16.2 Å². The molecular weight excluding hydrogens is 428 g/mol.